The Labute approximate surface area is 199 Å². The van der Waals surface area contributed by atoms with Gasteiger partial charge < -0.3 is 20.1 Å². The molecule has 0 radical (unpaired) electrons. The highest BCUT2D eigenvalue weighted by Crippen LogP contribution is 2.47. The van der Waals surface area contributed by atoms with E-state index < -0.39 is 23.6 Å². The van der Waals surface area contributed by atoms with Crippen LogP contribution in [0.5, 0.6) is 0 Å². The molecule has 2 bridgehead atoms. The van der Waals surface area contributed by atoms with Crippen LogP contribution in [0.4, 0.5) is 4.79 Å². The van der Waals surface area contributed by atoms with Crippen LogP contribution in [0.2, 0.25) is 0 Å². The maximum Gasteiger partial charge on any atom is 0.407 e. The molecule has 2 saturated heterocycles. The molecule has 5 rings (SSSR count). The molecule has 2 aromatic rings. The van der Waals surface area contributed by atoms with Crippen molar-refractivity contribution in [3.05, 3.63) is 59.7 Å². The van der Waals surface area contributed by atoms with Crippen LogP contribution in [0.1, 0.15) is 62.5 Å². The standard InChI is InChI=1S/C27H30N2O5/c1-2-17(15-24(30)29-18-11-13-27(29,14-12-18)25(31)32)28-26(33)34-16-23-21-9-5-3-7-19(21)20-8-4-6-10-22(20)23/h3-10,17-18,23H,2,11-16H2,1H3,(H,28,33)(H,31,32)/t17-,18?,27?/m1/s1. The predicted octanol–water partition coefficient (Wildman–Crippen LogP) is 4.30. The number of rotatable bonds is 7. The lowest BCUT2D eigenvalue weighted by atomic mass is 9.88. The summed E-state index contributed by atoms with van der Waals surface area (Å²) in [6.45, 7) is 2.10. The number of nitrogens with zero attached hydrogens (tertiary/aromatic N) is 1. The van der Waals surface area contributed by atoms with Crippen molar-refractivity contribution >= 4 is 18.0 Å². The van der Waals surface area contributed by atoms with E-state index in [-0.39, 0.29) is 30.9 Å². The first-order chi connectivity index (χ1) is 16.4. The third-order valence-corrected chi connectivity index (χ3v) is 7.85. The highest BCUT2D eigenvalue weighted by Gasteiger charge is 2.58. The number of carboxylic acids is 1. The largest absolute Gasteiger partial charge is 0.479 e. The summed E-state index contributed by atoms with van der Waals surface area (Å²) in [5.41, 5.74) is 3.54. The Balaban J connectivity index is 1.21. The fourth-order valence-corrected chi connectivity index (χ4v) is 6.10. The molecule has 2 aromatic carbocycles. The Hall–Kier alpha value is -3.35. The van der Waals surface area contributed by atoms with Gasteiger partial charge in [0.15, 0.2) is 0 Å². The van der Waals surface area contributed by atoms with E-state index >= 15 is 0 Å². The van der Waals surface area contributed by atoms with Gasteiger partial charge in [0.25, 0.3) is 0 Å². The second kappa shape index (κ2) is 8.78. The van der Waals surface area contributed by atoms with E-state index in [0.717, 1.165) is 35.1 Å². The molecule has 7 nitrogen and oxygen atoms in total. The molecule has 2 N–H and O–H groups in total. The molecule has 2 fully saturated rings. The van der Waals surface area contributed by atoms with E-state index in [1.807, 2.05) is 31.2 Å². The number of fused-ring (bicyclic) bond motifs is 5. The number of alkyl carbamates (subject to hydrolysis) is 1. The third kappa shape index (κ3) is 3.63. The topological polar surface area (TPSA) is 95.9 Å². The summed E-state index contributed by atoms with van der Waals surface area (Å²) in [6, 6.07) is 15.9. The van der Waals surface area contributed by atoms with Crippen LogP contribution in [-0.4, -0.2) is 52.2 Å². The van der Waals surface area contributed by atoms with E-state index in [9.17, 15) is 19.5 Å². The Bertz CT molecular complexity index is 1080. The molecule has 0 spiro atoms. The molecular formula is C27H30N2O5. The number of benzene rings is 2. The summed E-state index contributed by atoms with van der Waals surface area (Å²) in [6.07, 6.45) is 2.55. The zero-order valence-corrected chi connectivity index (χ0v) is 19.3. The quantitative estimate of drug-likeness (QED) is 0.640. The van der Waals surface area contributed by atoms with E-state index in [1.165, 1.54) is 0 Å². The zero-order chi connectivity index (χ0) is 23.9. The molecule has 0 unspecified atom stereocenters. The molecule has 2 heterocycles. The van der Waals surface area contributed by atoms with Crippen molar-refractivity contribution < 1.29 is 24.2 Å². The van der Waals surface area contributed by atoms with Crippen molar-refractivity contribution in [2.45, 2.75) is 69.0 Å². The van der Waals surface area contributed by atoms with Crippen molar-refractivity contribution in [3.63, 3.8) is 0 Å². The number of hydrogen-bond donors (Lipinski definition) is 2. The summed E-state index contributed by atoms with van der Waals surface area (Å²) in [7, 11) is 0. The van der Waals surface area contributed by atoms with Crippen molar-refractivity contribution in [1.82, 2.24) is 10.2 Å². The van der Waals surface area contributed by atoms with Gasteiger partial charge >= 0.3 is 12.1 Å². The fourth-order valence-electron chi connectivity index (χ4n) is 6.10. The van der Waals surface area contributed by atoms with Gasteiger partial charge in [-0.2, -0.15) is 0 Å². The van der Waals surface area contributed by atoms with E-state index in [4.69, 9.17) is 4.74 Å². The average molecular weight is 463 g/mol. The Morgan fingerprint density at radius 2 is 1.65 bits per heavy atom. The molecule has 1 atom stereocenters. The molecular weight excluding hydrogens is 432 g/mol. The van der Waals surface area contributed by atoms with Gasteiger partial charge in [-0.3, -0.25) is 4.79 Å². The molecule has 0 saturated carbocycles. The number of carbonyl (C=O) groups is 3. The van der Waals surface area contributed by atoms with Gasteiger partial charge in [-0.25, -0.2) is 9.59 Å². The molecule has 0 aromatic heterocycles. The lowest BCUT2D eigenvalue weighted by molar-refractivity contribution is -0.155. The minimum Gasteiger partial charge on any atom is -0.479 e. The van der Waals surface area contributed by atoms with E-state index in [2.05, 4.69) is 29.6 Å². The van der Waals surface area contributed by atoms with Crippen LogP contribution in [0.15, 0.2) is 48.5 Å². The molecule has 1 aliphatic carbocycles. The first-order valence-corrected chi connectivity index (χ1v) is 12.1. The molecule has 34 heavy (non-hydrogen) atoms. The molecule has 3 aliphatic rings. The molecule has 2 amide bonds. The first kappa shape index (κ1) is 22.4. The van der Waals surface area contributed by atoms with Gasteiger partial charge in [0, 0.05) is 24.4 Å². The predicted molar refractivity (Wildman–Crippen MR) is 126 cm³/mol. The number of aliphatic carboxylic acids is 1. The van der Waals surface area contributed by atoms with Crippen molar-refractivity contribution in [2.24, 2.45) is 0 Å². The van der Waals surface area contributed by atoms with Gasteiger partial charge in [-0.15, -0.1) is 0 Å². The smallest absolute Gasteiger partial charge is 0.407 e. The van der Waals surface area contributed by atoms with Crippen molar-refractivity contribution in [1.29, 1.82) is 0 Å². The average Bonchev–Trinajstić information content (AvgIpc) is 3.51. The van der Waals surface area contributed by atoms with E-state index in [0.29, 0.717) is 19.3 Å². The Morgan fingerprint density at radius 3 is 2.21 bits per heavy atom. The maximum atomic E-state index is 13.1. The van der Waals surface area contributed by atoms with Crippen LogP contribution < -0.4 is 5.32 Å². The number of carboxylic acid groups (broad SMARTS) is 1. The number of hydrogen-bond acceptors (Lipinski definition) is 4. The Morgan fingerprint density at radius 1 is 1.06 bits per heavy atom. The summed E-state index contributed by atoms with van der Waals surface area (Å²) in [5.74, 6) is -1.15. The van der Waals surface area contributed by atoms with Crippen LogP contribution in [0.3, 0.4) is 0 Å². The van der Waals surface area contributed by atoms with Crippen LogP contribution in [0, 0.1) is 0 Å². The maximum absolute atomic E-state index is 13.1. The van der Waals surface area contributed by atoms with Gasteiger partial charge in [0.1, 0.15) is 12.1 Å². The summed E-state index contributed by atoms with van der Waals surface area (Å²) in [5, 5.41) is 12.6. The highest BCUT2D eigenvalue weighted by molar-refractivity contribution is 5.89. The lowest BCUT2D eigenvalue weighted by Gasteiger charge is -2.32. The molecule has 178 valence electrons. The number of nitrogens with one attached hydrogen (secondary N) is 1. The van der Waals surface area contributed by atoms with Gasteiger partial charge in [0.05, 0.1) is 0 Å². The number of ether oxygens (including phenoxy) is 1. The third-order valence-electron chi connectivity index (χ3n) is 7.85. The van der Waals surface area contributed by atoms with Crippen molar-refractivity contribution in [3.8, 4) is 11.1 Å². The van der Waals surface area contributed by atoms with E-state index in [1.54, 1.807) is 4.90 Å². The summed E-state index contributed by atoms with van der Waals surface area (Å²) >= 11 is 0. The summed E-state index contributed by atoms with van der Waals surface area (Å²) < 4.78 is 5.62. The first-order valence-electron chi connectivity index (χ1n) is 12.1. The minimum absolute atomic E-state index is 0.00411. The SMILES string of the molecule is CC[C@H](CC(=O)N1C2CCC1(C(=O)O)CC2)NC(=O)OCC1c2ccccc2-c2ccccc21. The second-order valence-corrected chi connectivity index (χ2v) is 9.61. The lowest BCUT2D eigenvalue weighted by Crippen LogP contribution is -2.52. The molecule has 2 aliphatic heterocycles. The van der Waals surface area contributed by atoms with Gasteiger partial charge in [-0.05, 0) is 54.4 Å². The zero-order valence-electron chi connectivity index (χ0n) is 19.3. The highest BCUT2D eigenvalue weighted by atomic mass is 16.5. The Kier molecular flexibility index (Phi) is 5.80. The monoisotopic (exact) mass is 462 g/mol. The van der Waals surface area contributed by atoms with Crippen LogP contribution >= 0.6 is 0 Å². The van der Waals surface area contributed by atoms with Crippen LogP contribution in [0.25, 0.3) is 11.1 Å². The fraction of sp³-hybridized carbons (Fsp3) is 0.444. The summed E-state index contributed by atoms with van der Waals surface area (Å²) in [4.78, 5) is 39.2. The van der Waals surface area contributed by atoms with Gasteiger partial charge in [-0.1, -0.05) is 55.5 Å². The number of carbonyl (C=O) groups excluding carboxylic acids is 2. The second-order valence-electron chi connectivity index (χ2n) is 9.61. The van der Waals surface area contributed by atoms with Crippen LogP contribution in [-0.2, 0) is 14.3 Å². The van der Waals surface area contributed by atoms with Gasteiger partial charge in [0.2, 0.25) is 5.91 Å². The minimum atomic E-state index is -1.07. The number of amides is 2. The normalized spacial score (nSPS) is 23.3. The van der Waals surface area contributed by atoms with Crippen molar-refractivity contribution in [2.75, 3.05) is 6.61 Å². The molecule has 7 heteroatoms.